The Labute approximate surface area is 117 Å². The van der Waals surface area contributed by atoms with Gasteiger partial charge < -0.3 is 10.1 Å². The summed E-state index contributed by atoms with van der Waals surface area (Å²) in [5, 5.41) is 3.63. The lowest BCUT2D eigenvalue weighted by Crippen LogP contribution is -2.66. The summed E-state index contributed by atoms with van der Waals surface area (Å²) in [6, 6.07) is 0.861. The molecule has 3 atom stereocenters. The predicted octanol–water partition coefficient (Wildman–Crippen LogP) is 2.67. The third-order valence-electron chi connectivity index (χ3n) is 4.48. The van der Waals surface area contributed by atoms with Crippen LogP contribution < -0.4 is 5.32 Å². The van der Waals surface area contributed by atoms with Crippen molar-refractivity contribution in [3.63, 3.8) is 0 Å². The molecule has 110 valence electrons. The zero-order chi connectivity index (χ0) is 14.1. The van der Waals surface area contributed by atoms with Crippen LogP contribution in [0.3, 0.4) is 0 Å². The number of likely N-dealkylation sites (N-methyl/N-ethyl adjacent to an activating group) is 1. The van der Waals surface area contributed by atoms with Crippen molar-refractivity contribution in [2.45, 2.75) is 70.6 Å². The monoisotopic (exact) mass is 269 g/mol. The molecular weight excluding hydrogens is 240 g/mol. The quantitative estimate of drug-likeness (QED) is 0.687. The average Bonchev–Trinajstić information content (AvgIpc) is 2.53. The van der Waals surface area contributed by atoms with Gasteiger partial charge in [0.05, 0.1) is 19.6 Å². The molecule has 4 heteroatoms. The molecule has 2 rings (SSSR count). The molecule has 0 spiro atoms. The molecule has 19 heavy (non-hydrogen) atoms. The molecule has 0 aromatic carbocycles. The maximum Gasteiger partial charge on any atom is 0.516 e. The lowest BCUT2D eigenvalue weighted by molar-refractivity contribution is -0.871. The number of hydrogen-bond acceptors (Lipinski definition) is 3. The van der Waals surface area contributed by atoms with Crippen LogP contribution in [0.5, 0.6) is 0 Å². The van der Waals surface area contributed by atoms with Gasteiger partial charge in [0.15, 0.2) is 0 Å². The third-order valence-corrected chi connectivity index (χ3v) is 4.48. The van der Waals surface area contributed by atoms with E-state index in [1.165, 1.54) is 19.3 Å². The van der Waals surface area contributed by atoms with Crippen molar-refractivity contribution < 1.29 is 14.0 Å². The van der Waals surface area contributed by atoms with Crippen molar-refractivity contribution in [3.8, 4) is 0 Å². The van der Waals surface area contributed by atoms with E-state index in [0.29, 0.717) is 16.6 Å². The van der Waals surface area contributed by atoms with Gasteiger partial charge in [-0.25, -0.2) is 4.48 Å². The summed E-state index contributed by atoms with van der Waals surface area (Å²) in [6.45, 7) is 7.85. The average molecular weight is 269 g/mol. The van der Waals surface area contributed by atoms with Crippen LogP contribution >= 0.6 is 0 Å². The van der Waals surface area contributed by atoms with Crippen LogP contribution in [0.15, 0.2) is 0 Å². The van der Waals surface area contributed by atoms with E-state index in [1.807, 2.05) is 20.8 Å². The molecule has 0 saturated carbocycles. The van der Waals surface area contributed by atoms with Crippen molar-refractivity contribution in [3.05, 3.63) is 0 Å². The molecule has 0 radical (unpaired) electrons. The van der Waals surface area contributed by atoms with Gasteiger partial charge in [-0.2, -0.15) is 4.79 Å². The standard InChI is InChI=1S/C15H29N2O2/c1-15(2,3)19-14(18)17(4)11-7-8-12-13(17)9-5-6-10-16-12/h12-13,16H,5-11H2,1-4H3/q+1/t12?,13-,17?/m1/s1. The summed E-state index contributed by atoms with van der Waals surface area (Å²) >= 11 is 0. The minimum Gasteiger partial charge on any atom is -0.414 e. The summed E-state index contributed by atoms with van der Waals surface area (Å²) in [7, 11) is 2.07. The molecule has 2 heterocycles. The Morgan fingerprint density at radius 2 is 1.95 bits per heavy atom. The minimum atomic E-state index is -0.399. The SMILES string of the molecule is CC(C)(C)OC(=O)[N+]1(C)CCCC2NCCCC[C@H]21. The number of rotatable bonds is 0. The van der Waals surface area contributed by atoms with E-state index in [1.54, 1.807) is 0 Å². The Balaban J connectivity index is 2.16. The normalized spacial score (nSPS) is 36.2. The Morgan fingerprint density at radius 1 is 1.21 bits per heavy atom. The number of carbonyl (C=O) groups is 1. The number of hydrogen-bond donors (Lipinski definition) is 1. The van der Waals surface area contributed by atoms with E-state index in [-0.39, 0.29) is 6.09 Å². The third kappa shape index (κ3) is 3.29. The molecule has 0 aromatic rings. The Morgan fingerprint density at radius 3 is 2.63 bits per heavy atom. The van der Waals surface area contributed by atoms with Gasteiger partial charge in [-0.3, -0.25) is 0 Å². The molecule has 1 amide bonds. The fourth-order valence-corrected chi connectivity index (χ4v) is 3.48. The summed E-state index contributed by atoms with van der Waals surface area (Å²) in [5.41, 5.74) is -0.399. The van der Waals surface area contributed by atoms with E-state index in [9.17, 15) is 4.79 Å². The second-order valence-electron chi connectivity index (χ2n) is 7.24. The van der Waals surface area contributed by atoms with Gasteiger partial charge in [0.25, 0.3) is 0 Å². The molecule has 2 aliphatic rings. The number of carbonyl (C=O) groups excluding carboxylic acids is 1. The first-order valence-electron chi connectivity index (χ1n) is 7.65. The second-order valence-corrected chi connectivity index (χ2v) is 7.24. The Hall–Kier alpha value is -0.610. The first-order chi connectivity index (χ1) is 8.83. The van der Waals surface area contributed by atoms with Crippen LogP contribution in [0.25, 0.3) is 0 Å². The van der Waals surface area contributed by atoms with Gasteiger partial charge in [-0.1, -0.05) is 0 Å². The molecular formula is C15H29N2O2+. The highest BCUT2D eigenvalue weighted by Crippen LogP contribution is 2.31. The van der Waals surface area contributed by atoms with Gasteiger partial charge in [-0.05, 0) is 53.0 Å². The maximum atomic E-state index is 12.6. The van der Waals surface area contributed by atoms with Crippen LogP contribution in [0, 0.1) is 0 Å². The van der Waals surface area contributed by atoms with E-state index < -0.39 is 5.60 Å². The highest BCUT2D eigenvalue weighted by atomic mass is 16.6. The number of ether oxygens (including phenoxy) is 1. The zero-order valence-corrected chi connectivity index (χ0v) is 12.9. The molecule has 0 aliphatic carbocycles. The van der Waals surface area contributed by atoms with E-state index in [2.05, 4.69) is 12.4 Å². The topological polar surface area (TPSA) is 38.3 Å². The molecule has 2 aliphatic heterocycles. The van der Waals surface area contributed by atoms with Crippen LogP contribution in [0.2, 0.25) is 0 Å². The van der Waals surface area contributed by atoms with Crippen molar-refractivity contribution >= 4 is 6.09 Å². The molecule has 2 unspecified atom stereocenters. The zero-order valence-electron chi connectivity index (χ0n) is 12.9. The fourth-order valence-electron chi connectivity index (χ4n) is 3.48. The van der Waals surface area contributed by atoms with Crippen molar-refractivity contribution in [1.29, 1.82) is 0 Å². The summed E-state index contributed by atoms with van der Waals surface area (Å²) < 4.78 is 6.13. The highest BCUT2D eigenvalue weighted by Gasteiger charge is 2.49. The summed E-state index contributed by atoms with van der Waals surface area (Å²) in [4.78, 5) is 12.6. The lowest BCUT2D eigenvalue weighted by atomic mass is 9.91. The number of likely N-dealkylation sites (tertiary alicyclic amines) is 1. The fraction of sp³-hybridized carbons (Fsp3) is 0.933. The number of amides is 1. The van der Waals surface area contributed by atoms with E-state index >= 15 is 0 Å². The predicted molar refractivity (Wildman–Crippen MR) is 75.9 cm³/mol. The van der Waals surface area contributed by atoms with Crippen LogP contribution in [0.4, 0.5) is 4.79 Å². The number of piperidine rings is 1. The summed E-state index contributed by atoms with van der Waals surface area (Å²) in [6.07, 6.45) is 5.82. The van der Waals surface area contributed by atoms with Gasteiger partial charge in [0.2, 0.25) is 0 Å². The molecule has 1 N–H and O–H groups in total. The van der Waals surface area contributed by atoms with Crippen molar-refractivity contribution in [2.75, 3.05) is 20.1 Å². The van der Waals surface area contributed by atoms with Crippen LogP contribution in [0.1, 0.15) is 52.9 Å². The lowest BCUT2D eigenvalue weighted by Gasteiger charge is -2.45. The molecule has 2 saturated heterocycles. The largest absolute Gasteiger partial charge is 0.516 e. The summed E-state index contributed by atoms with van der Waals surface area (Å²) in [5.74, 6) is 0. The van der Waals surface area contributed by atoms with Crippen molar-refractivity contribution in [1.82, 2.24) is 5.32 Å². The second kappa shape index (κ2) is 5.41. The van der Waals surface area contributed by atoms with Crippen molar-refractivity contribution in [2.24, 2.45) is 0 Å². The Kier molecular flexibility index (Phi) is 4.21. The first-order valence-corrected chi connectivity index (χ1v) is 7.65. The molecule has 0 aromatic heterocycles. The van der Waals surface area contributed by atoms with E-state index in [0.717, 1.165) is 25.9 Å². The number of quaternary nitrogens is 1. The smallest absolute Gasteiger partial charge is 0.414 e. The number of nitrogens with zero attached hydrogens (tertiary/aromatic N) is 1. The van der Waals surface area contributed by atoms with Gasteiger partial charge >= 0.3 is 6.09 Å². The highest BCUT2D eigenvalue weighted by molar-refractivity contribution is 5.60. The molecule has 2 fully saturated rings. The molecule has 4 nitrogen and oxygen atoms in total. The van der Waals surface area contributed by atoms with Gasteiger partial charge in [-0.15, -0.1) is 0 Å². The Bertz CT molecular complexity index is 338. The van der Waals surface area contributed by atoms with Gasteiger partial charge in [0, 0.05) is 6.42 Å². The molecule has 0 bridgehead atoms. The van der Waals surface area contributed by atoms with Gasteiger partial charge in [0.1, 0.15) is 11.6 Å². The first kappa shape index (κ1) is 14.8. The maximum absolute atomic E-state index is 12.6. The van der Waals surface area contributed by atoms with Crippen LogP contribution in [-0.2, 0) is 4.74 Å². The van der Waals surface area contributed by atoms with Crippen LogP contribution in [-0.4, -0.2) is 48.4 Å². The number of fused-ring (bicyclic) bond motifs is 1. The number of nitrogens with one attached hydrogen (secondary N) is 1. The van der Waals surface area contributed by atoms with E-state index in [4.69, 9.17) is 4.74 Å². The minimum absolute atomic E-state index is 0.0501.